The lowest BCUT2D eigenvalue weighted by molar-refractivity contribution is -0.128. The van der Waals surface area contributed by atoms with E-state index in [1.54, 1.807) is 24.3 Å². The second-order valence-electron chi connectivity index (χ2n) is 8.45. The Balaban J connectivity index is 1.39. The van der Waals surface area contributed by atoms with E-state index < -0.39 is 30.1 Å². The van der Waals surface area contributed by atoms with Crippen LogP contribution in [0.5, 0.6) is 5.75 Å². The normalized spacial score (nSPS) is 12.1. The molecular weight excluding hydrogens is 474 g/mol. The van der Waals surface area contributed by atoms with Crippen LogP contribution in [0.4, 0.5) is 4.79 Å². The Labute approximate surface area is 215 Å². The molecule has 0 aliphatic carbocycles. The van der Waals surface area contributed by atoms with Crippen LogP contribution >= 0.6 is 0 Å². The Bertz CT molecular complexity index is 1140. The van der Waals surface area contributed by atoms with Gasteiger partial charge < -0.3 is 30.9 Å². The summed E-state index contributed by atoms with van der Waals surface area (Å²) in [5.41, 5.74) is 8.12. The van der Waals surface area contributed by atoms with Gasteiger partial charge >= 0.3 is 6.09 Å². The van der Waals surface area contributed by atoms with Crippen molar-refractivity contribution in [2.45, 2.75) is 38.2 Å². The second-order valence-corrected chi connectivity index (χ2v) is 8.45. The molecule has 0 radical (unpaired) electrons. The van der Waals surface area contributed by atoms with Crippen molar-refractivity contribution < 1.29 is 29.0 Å². The topological polar surface area (TPSA) is 140 Å². The van der Waals surface area contributed by atoms with Gasteiger partial charge in [0.05, 0.1) is 12.5 Å². The fourth-order valence-corrected chi connectivity index (χ4v) is 3.44. The number of nitrogens with one attached hydrogen (secondary N) is 2. The minimum absolute atomic E-state index is 0.0870. The van der Waals surface area contributed by atoms with Crippen LogP contribution in [0.1, 0.15) is 23.1 Å². The fraction of sp³-hybridized carbons (Fsp3) is 0.250. The van der Waals surface area contributed by atoms with E-state index in [1.807, 2.05) is 60.7 Å². The third kappa shape index (κ3) is 10.0. The van der Waals surface area contributed by atoms with Crippen molar-refractivity contribution >= 4 is 17.9 Å². The van der Waals surface area contributed by atoms with Gasteiger partial charge in [0.15, 0.2) is 0 Å². The van der Waals surface area contributed by atoms with Gasteiger partial charge in [0.2, 0.25) is 11.8 Å². The summed E-state index contributed by atoms with van der Waals surface area (Å²) < 4.78 is 10.8. The summed E-state index contributed by atoms with van der Waals surface area (Å²) in [6.45, 7) is 0.332. The van der Waals surface area contributed by atoms with Crippen molar-refractivity contribution in [1.29, 1.82) is 0 Å². The molecule has 0 saturated heterocycles. The van der Waals surface area contributed by atoms with Crippen molar-refractivity contribution in [2.75, 3.05) is 6.54 Å². The quantitative estimate of drug-likeness (QED) is 0.281. The minimum Gasteiger partial charge on any atom is -0.489 e. The van der Waals surface area contributed by atoms with Gasteiger partial charge in [0, 0.05) is 13.0 Å². The highest BCUT2D eigenvalue weighted by Gasteiger charge is 2.21. The van der Waals surface area contributed by atoms with E-state index in [-0.39, 0.29) is 26.0 Å². The van der Waals surface area contributed by atoms with E-state index in [1.165, 1.54) is 0 Å². The minimum atomic E-state index is -1.17. The molecule has 9 nitrogen and oxygen atoms in total. The van der Waals surface area contributed by atoms with Crippen molar-refractivity contribution in [3.63, 3.8) is 0 Å². The van der Waals surface area contributed by atoms with Gasteiger partial charge in [0.25, 0.3) is 0 Å². The van der Waals surface area contributed by atoms with Crippen LogP contribution in [-0.2, 0) is 34.0 Å². The van der Waals surface area contributed by atoms with Crippen LogP contribution in [0.15, 0.2) is 84.9 Å². The first-order valence-electron chi connectivity index (χ1n) is 11.9. The van der Waals surface area contributed by atoms with Gasteiger partial charge in [-0.3, -0.25) is 9.59 Å². The number of ether oxygens (including phenoxy) is 2. The second kappa shape index (κ2) is 14.3. The summed E-state index contributed by atoms with van der Waals surface area (Å²) in [5.74, 6) is -0.599. The number of nitrogens with two attached hydrogens (primary N) is 1. The first-order chi connectivity index (χ1) is 17.9. The number of hydrogen-bond donors (Lipinski definition) is 4. The van der Waals surface area contributed by atoms with Crippen LogP contribution in [0.2, 0.25) is 0 Å². The van der Waals surface area contributed by atoms with Gasteiger partial charge in [-0.25, -0.2) is 4.79 Å². The van der Waals surface area contributed by atoms with E-state index in [2.05, 4.69) is 10.6 Å². The molecule has 0 unspecified atom stereocenters. The summed E-state index contributed by atoms with van der Waals surface area (Å²) in [5, 5.41) is 15.0. The summed E-state index contributed by atoms with van der Waals surface area (Å²) in [6.07, 6.45) is -2.02. The van der Waals surface area contributed by atoms with Gasteiger partial charge in [-0.2, -0.15) is 0 Å². The van der Waals surface area contributed by atoms with Crippen LogP contribution in [0.25, 0.3) is 0 Å². The fourth-order valence-electron chi connectivity index (χ4n) is 3.44. The molecule has 0 aliphatic heterocycles. The maximum absolute atomic E-state index is 12.3. The molecule has 0 fully saturated rings. The van der Waals surface area contributed by atoms with E-state index in [9.17, 15) is 19.5 Å². The molecule has 3 amide bonds. The van der Waals surface area contributed by atoms with Gasteiger partial charge in [-0.05, 0) is 28.8 Å². The molecule has 37 heavy (non-hydrogen) atoms. The van der Waals surface area contributed by atoms with Gasteiger partial charge in [-0.1, -0.05) is 72.8 Å². The Morgan fingerprint density at radius 2 is 1.41 bits per heavy atom. The number of amides is 3. The largest absolute Gasteiger partial charge is 0.489 e. The SMILES string of the molecule is NC(=O)[C@@H](Cc1ccc(OCc2ccccc2)cc1)NC(=O)C[C@@H](O)CNC(=O)OCc1ccccc1. The molecule has 0 aliphatic rings. The first kappa shape index (κ1) is 27.2. The number of alkyl carbamates (subject to hydrolysis) is 1. The van der Waals surface area contributed by atoms with Gasteiger partial charge in [0.1, 0.15) is 25.0 Å². The summed E-state index contributed by atoms with van der Waals surface area (Å²) in [7, 11) is 0. The molecule has 0 bridgehead atoms. The highest BCUT2D eigenvalue weighted by Crippen LogP contribution is 2.15. The molecule has 2 atom stereocenters. The monoisotopic (exact) mass is 505 g/mol. The Hall–Kier alpha value is -4.37. The van der Waals surface area contributed by atoms with E-state index >= 15 is 0 Å². The predicted octanol–water partition coefficient (Wildman–Crippen LogP) is 2.46. The van der Waals surface area contributed by atoms with Crippen LogP contribution in [-0.4, -0.2) is 41.7 Å². The molecule has 0 saturated carbocycles. The summed E-state index contributed by atoms with van der Waals surface area (Å²) >= 11 is 0. The molecule has 0 aromatic heterocycles. The van der Waals surface area contributed by atoms with E-state index in [0.717, 1.165) is 16.7 Å². The lowest BCUT2D eigenvalue weighted by Crippen LogP contribution is -2.47. The highest BCUT2D eigenvalue weighted by atomic mass is 16.5. The third-order valence-corrected chi connectivity index (χ3v) is 5.41. The lowest BCUT2D eigenvalue weighted by Gasteiger charge is -2.18. The number of rotatable bonds is 13. The van der Waals surface area contributed by atoms with E-state index in [0.29, 0.717) is 12.4 Å². The number of carbonyl (C=O) groups excluding carboxylic acids is 3. The molecule has 194 valence electrons. The highest BCUT2D eigenvalue weighted by molar-refractivity contribution is 5.87. The summed E-state index contributed by atoms with van der Waals surface area (Å²) in [4.78, 5) is 36.0. The number of aliphatic hydroxyl groups is 1. The van der Waals surface area contributed by atoms with Crippen LogP contribution in [0, 0.1) is 0 Å². The number of aliphatic hydroxyl groups excluding tert-OH is 1. The average molecular weight is 506 g/mol. The number of primary amides is 1. The van der Waals surface area contributed by atoms with Crippen molar-refractivity contribution in [3.05, 3.63) is 102 Å². The number of carbonyl (C=O) groups is 3. The number of hydrogen-bond acceptors (Lipinski definition) is 6. The molecule has 5 N–H and O–H groups in total. The van der Waals surface area contributed by atoms with Crippen molar-refractivity contribution in [3.8, 4) is 5.75 Å². The van der Waals surface area contributed by atoms with Gasteiger partial charge in [-0.15, -0.1) is 0 Å². The lowest BCUT2D eigenvalue weighted by atomic mass is 10.0. The molecule has 3 aromatic rings. The smallest absolute Gasteiger partial charge is 0.407 e. The zero-order chi connectivity index (χ0) is 26.5. The summed E-state index contributed by atoms with van der Waals surface area (Å²) in [6, 6.07) is 25.1. The van der Waals surface area contributed by atoms with E-state index in [4.69, 9.17) is 15.2 Å². The van der Waals surface area contributed by atoms with Crippen molar-refractivity contribution in [2.24, 2.45) is 5.73 Å². The zero-order valence-corrected chi connectivity index (χ0v) is 20.3. The first-order valence-corrected chi connectivity index (χ1v) is 11.9. The molecule has 3 rings (SSSR count). The zero-order valence-electron chi connectivity index (χ0n) is 20.3. The molecule has 3 aromatic carbocycles. The van der Waals surface area contributed by atoms with Crippen LogP contribution in [0.3, 0.4) is 0 Å². The molecular formula is C28H31N3O6. The van der Waals surface area contributed by atoms with Crippen LogP contribution < -0.4 is 21.1 Å². The Morgan fingerprint density at radius 3 is 2.00 bits per heavy atom. The average Bonchev–Trinajstić information content (AvgIpc) is 2.91. The maximum atomic E-state index is 12.3. The third-order valence-electron chi connectivity index (χ3n) is 5.41. The predicted molar refractivity (Wildman–Crippen MR) is 137 cm³/mol. The van der Waals surface area contributed by atoms with Crippen molar-refractivity contribution in [1.82, 2.24) is 10.6 Å². The Morgan fingerprint density at radius 1 is 0.811 bits per heavy atom. The standard InChI is InChI=1S/C28H31N3O6/c29-27(34)25(15-20-11-13-24(14-12-20)36-18-21-7-3-1-4-8-21)31-26(33)16-23(32)17-30-28(35)37-19-22-9-5-2-6-10-22/h1-14,23,25,32H,15-19H2,(H2,29,34)(H,30,35)(H,31,33)/t23-,25-/m1/s1. The molecule has 0 spiro atoms. The molecule has 0 heterocycles. The Kier molecular flexibility index (Phi) is 10.5. The maximum Gasteiger partial charge on any atom is 0.407 e. The molecule has 9 heteroatoms. The number of benzene rings is 3.